The number of hydrogen-bond donors (Lipinski definition) is 0. The largest absolute Gasteiger partial charge is 0.295 e. The topological polar surface area (TPSA) is 24.3 Å². The minimum absolute atomic E-state index is 0.636. The van der Waals surface area contributed by atoms with E-state index >= 15 is 0 Å². The van der Waals surface area contributed by atoms with Crippen LogP contribution >= 0.6 is 0 Å². The van der Waals surface area contributed by atoms with Crippen LogP contribution < -0.4 is 0 Å². The van der Waals surface area contributed by atoms with Crippen molar-refractivity contribution < 1.29 is 0 Å². The van der Waals surface area contributed by atoms with Crippen molar-refractivity contribution in [3.8, 4) is 5.69 Å². The van der Waals surface area contributed by atoms with E-state index in [2.05, 4.69) is 70.7 Å². The summed E-state index contributed by atoms with van der Waals surface area (Å²) < 4.78 is 2.07. The molecule has 0 radical (unpaired) electrons. The molecular formula is C19H28N4. The molecule has 23 heavy (non-hydrogen) atoms. The van der Waals surface area contributed by atoms with Crippen LogP contribution in [0.2, 0.25) is 0 Å². The van der Waals surface area contributed by atoms with Crippen molar-refractivity contribution in [2.75, 3.05) is 19.6 Å². The van der Waals surface area contributed by atoms with E-state index in [1.165, 1.54) is 12.1 Å². The number of benzene rings is 1. The summed E-state index contributed by atoms with van der Waals surface area (Å²) in [6.07, 6.45) is 3.12. The van der Waals surface area contributed by atoms with Gasteiger partial charge < -0.3 is 0 Å². The molecule has 1 saturated heterocycles. The second kappa shape index (κ2) is 7.28. The molecule has 2 heterocycles. The quantitative estimate of drug-likeness (QED) is 0.847. The van der Waals surface area contributed by atoms with Crippen molar-refractivity contribution in [1.82, 2.24) is 19.6 Å². The summed E-state index contributed by atoms with van der Waals surface area (Å²) in [6, 6.07) is 13.8. The van der Waals surface area contributed by atoms with E-state index in [1.807, 2.05) is 12.3 Å². The lowest BCUT2D eigenvalue weighted by Crippen LogP contribution is -2.54. The summed E-state index contributed by atoms with van der Waals surface area (Å²) in [5.41, 5.74) is 2.41. The number of nitrogens with zero attached hydrogens (tertiary/aromatic N) is 4. The first-order valence-electron chi connectivity index (χ1n) is 8.75. The van der Waals surface area contributed by atoms with Crippen molar-refractivity contribution in [3.63, 3.8) is 0 Å². The average Bonchev–Trinajstić information content (AvgIpc) is 3.03. The SMILES string of the molecule is CC[C@H]1CN(Cc2ccnn2-c2ccccc2)CCN1C(C)C. The van der Waals surface area contributed by atoms with E-state index in [0.29, 0.717) is 12.1 Å². The van der Waals surface area contributed by atoms with Crippen LogP contribution in [0.1, 0.15) is 32.9 Å². The molecule has 2 aromatic rings. The van der Waals surface area contributed by atoms with Crippen LogP contribution in [0.5, 0.6) is 0 Å². The number of rotatable bonds is 5. The van der Waals surface area contributed by atoms with E-state index in [0.717, 1.165) is 31.9 Å². The lowest BCUT2D eigenvalue weighted by molar-refractivity contribution is 0.0448. The molecule has 1 fully saturated rings. The molecule has 1 aromatic carbocycles. The average molecular weight is 312 g/mol. The fourth-order valence-electron chi connectivity index (χ4n) is 3.60. The van der Waals surface area contributed by atoms with Crippen LogP contribution in [-0.2, 0) is 6.54 Å². The third-order valence-corrected chi connectivity index (χ3v) is 4.85. The molecule has 1 aliphatic rings. The van der Waals surface area contributed by atoms with Crippen LogP contribution in [0.25, 0.3) is 5.69 Å². The highest BCUT2D eigenvalue weighted by Gasteiger charge is 2.27. The third-order valence-electron chi connectivity index (χ3n) is 4.85. The Morgan fingerprint density at radius 3 is 2.61 bits per heavy atom. The molecule has 1 aromatic heterocycles. The van der Waals surface area contributed by atoms with Crippen LogP contribution in [0.4, 0.5) is 0 Å². The van der Waals surface area contributed by atoms with Crippen LogP contribution in [0.3, 0.4) is 0 Å². The van der Waals surface area contributed by atoms with Gasteiger partial charge in [0, 0.05) is 44.5 Å². The van der Waals surface area contributed by atoms with E-state index in [4.69, 9.17) is 0 Å². The second-order valence-electron chi connectivity index (χ2n) is 6.70. The van der Waals surface area contributed by atoms with Gasteiger partial charge in [0.2, 0.25) is 0 Å². The van der Waals surface area contributed by atoms with Crippen LogP contribution in [-0.4, -0.2) is 51.3 Å². The number of para-hydroxylation sites is 1. The molecular weight excluding hydrogens is 284 g/mol. The fraction of sp³-hybridized carbons (Fsp3) is 0.526. The molecule has 0 aliphatic carbocycles. The summed E-state index contributed by atoms with van der Waals surface area (Å²) in [7, 11) is 0. The van der Waals surface area contributed by atoms with Gasteiger partial charge in [-0.15, -0.1) is 0 Å². The first kappa shape index (κ1) is 16.2. The lowest BCUT2D eigenvalue weighted by atomic mass is 10.1. The first-order chi connectivity index (χ1) is 11.2. The Bertz CT molecular complexity index is 605. The molecule has 4 heteroatoms. The number of hydrogen-bond acceptors (Lipinski definition) is 3. The van der Waals surface area contributed by atoms with Crippen molar-refractivity contribution in [1.29, 1.82) is 0 Å². The molecule has 3 rings (SSSR count). The predicted molar refractivity (Wildman–Crippen MR) is 94.8 cm³/mol. The van der Waals surface area contributed by atoms with Gasteiger partial charge in [-0.05, 0) is 38.5 Å². The van der Waals surface area contributed by atoms with Gasteiger partial charge >= 0.3 is 0 Å². The summed E-state index contributed by atoms with van der Waals surface area (Å²) in [6.45, 7) is 11.3. The highest BCUT2D eigenvalue weighted by atomic mass is 15.3. The molecule has 4 nitrogen and oxygen atoms in total. The second-order valence-corrected chi connectivity index (χ2v) is 6.70. The first-order valence-corrected chi connectivity index (χ1v) is 8.75. The number of aromatic nitrogens is 2. The zero-order valence-corrected chi connectivity index (χ0v) is 14.5. The molecule has 1 aliphatic heterocycles. The summed E-state index contributed by atoms with van der Waals surface area (Å²) in [5, 5.41) is 4.51. The van der Waals surface area contributed by atoms with E-state index in [-0.39, 0.29) is 0 Å². The molecule has 0 bridgehead atoms. The Kier molecular flexibility index (Phi) is 5.13. The van der Waals surface area contributed by atoms with Gasteiger partial charge in [-0.25, -0.2) is 4.68 Å². The maximum atomic E-state index is 4.51. The third kappa shape index (κ3) is 3.65. The highest BCUT2D eigenvalue weighted by Crippen LogP contribution is 2.19. The zero-order valence-electron chi connectivity index (χ0n) is 14.5. The molecule has 0 saturated carbocycles. The molecule has 0 amide bonds. The van der Waals surface area contributed by atoms with Gasteiger partial charge in [-0.3, -0.25) is 9.80 Å². The zero-order chi connectivity index (χ0) is 16.2. The van der Waals surface area contributed by atoms with E-state index < -0.39 is 0 Å². The molecule has 0 unspecified atom stereocenters. The van der Waals surface area contributed by atoms with Crippen LogP contribution in [0, 0.1) is 0 Å². The van der Waals surface area contributed by atoms with Crippen molar-refractivity contribution >= 4 is 0 Å². The summed E-state index contributed by atoms with van der Waals surface area (Å²) in [4.78, 5) is 5.22. The monoisotopic (exact) mass is 312 g/mol. The van der Waals surface area contributed by atoms with Crippen LogP contribution in [0.15, 0.2) is 42.6 Å². The maximum Gasteiger partial charge on any atom is 0.0649 e. The van der Waals surface area contributed by atoms with Crippen molar-refractivity contribution in [2.45, 2.75) is 45.8 Å². The predicted octanol–water partition coefficient (Wildman–Crippen LogP) is 3.18. The summed E-state index contributed by atoms with van der Waals surface area (Å²) >= 11 is 0. The number of piperazine rings is 1. The molecule has 124 valence electrons. The van der Waals surface area contributed by atoms with Crippen molar-refractivity contribution in [2.24, 2.45) is 0 Å². The normalized spacial score (nSPS) is 20.3. The maximum absolute atomic E-state index is 4.51. The van der Waals surface area contributed by atoms with Gasteiger partial charge in [-0.2, -0.15) is 5.10 Å². The molecule has 1 atom stereocenters. The van der Waals surface area contributed by atoms with E-state index in [9.17, 15) is 0 Å². The smallest absolute Gasteiger partial charge is 0.0649 e. The Morgan fingerprint density at radius 1 is 1.13 bits per heavy atom. The Labute approximate surface area is 139 Å². The van der Waals surface area contributed by atoms with Gasteiger partial charge in [0.15, 0.2) is 0 Å². The van der Waals surface area contributed by atoms with Gasteiger partial charge in [0.05, 0.1) is 11.4 Å². The van der Waals surface area contributed by atoms with Gasteiger partial charge in [0.25, 0.3) is 0 Å². The Balaban J connectivity index is 1.71. The lowest BCUT2D eigenvalue weighted by Gasteiger charge is -2.43. The minimum atomic E-state index is 0.636. The van der Waals surface area contributed by atoms with E-state index in [1.54, 1.807) is 0 Å². The fourth-order valence-corrected chi connectivity index (χ4v) is 3.60. The standard InChI is InChI=1S/C19H28N4/c1-4-17-14-21(12-13-22(17)16(2)3)15-19-10-11-20-23(19)18-8-6-5-7-9-18/h5-11,16-17H,4,12-15H2,1-3H3/t17-/m0/s1. The van der Waals surface area contributed by atoms with Crippen molar-refractivity contribution in [3.05, 3.63) is 48.3 Å². The van der Waals surface area contributed by atoms with Gasteiger partial charge in [0.1, 0.15) is 0 Å². The Hall–Kier alpha value is -1.65. The minimum Gasteiger partial charge on any atom is -0.295 e. The highest BCUT2D eigenvalue weighted by molar-refractivity contribution is 5.32. The molecule has 0 N–H and O–H groups in total. The summed E-state index contributed by atoms with van der Waals surface area (Å²) in [5.74, 6) is 0. The molecule has 0 spiro atoms. The Morgan fingerprint density at radius 2 is 1.91 bits per heavy atom. The van der Waals surface area contributed by atoms with Gasteiger partial charge in [-0.1, -0.05) is 25.1 Å².